The number of carboxylic acids is 2. The topological polar surface area (TPSA) is 154 Å². The molecule has 0 bridgehead atoms. The molecule has 2 heterocycles. The van der Waals surface area contributed by atoms with Gasteiger partial charge in [-0.25, -0.2) is 14.4 Å². The second-order valence-electron chi connectivity index (χ2n) is 10.8. The van der Waals surface area contributed by atoms with Crippen molar-refractivity contribution in [3.8, 4) is 0 Å². The number of hydrogen-bond acceptors (Lipinski definition) is 7. The minimum atomic E-state index is -0.993. The molecule has 1 aliphatic rings. The average Bonchev–Trinajstić information content (AvgIpc) is 3.36. The Morgan fingerprint density at radius 1 is 0.929 bits per heavy atom. The standard InChI is InChI=1S/C21H26N4O5.C9H11NO2/c1-21(2,3)30-20(29)24-9-10-25-17(13-24)16(11-22-25)18(26)23(4)12-14-5-7-15(8-6-14)19(27)28;1-10-6-7-2-4-8(5-3-7)9(11)12/h5-8,11H,9-10,12-13H2,1-4H3,(H,27,28);2-5,10H,6H2,1H3,(H,11,12). The first-order valence-electron chi connectivity index (χ1n) is 13.4. The highest BCUT2D eigenvalue weighted by molar-refractivity contribution is 5.95. The number of carbonyl (C=O) groups is 4. The SMILES string of the molecule is CN(Cc1ccc(C(=O)O)cc1)C(=O)c1cnn2c1CN(C(=O)OC(C)(C)C)CC2.CNCc1ccc(C(=O)O)cc1. The Labute approximate surface area is 244 Å². The maximum absolute atomic E-state index is 13.0. The van der Waals surface area contributed by atoms with Gasteiger partial charge in [0, 0.05) is 26.7 Å². The van der Waals surface area contributed by atoms with Crippen molar-refractivity contribution in [2.75, 3.05) is 20.6 Å². The molecule has 0 fully saturated rings. The van der Waals surface area contributed by atoms with E-state index in [1.54, 1.807) is 57.9 Å². The zero-order valence-corrected chi connectivity index (χ0v) is 24.5. The molecule has 2 aromatic carbocycles. The van der Waals surface area contributed by atoms with Crippen molar-refractivity contribution in [2.45, 2.75) is 52.6 Å². The molecule has 3 N–H and O–H groups in total. The second kappa shape index (κ2) is 13.8. The number of carbonyl (C=O) groups excluding carboxylic acids is 2. The highest BCUT2D eigenvalue weighted by Crippen LogP contribution is 2.21. The minimum absolute atomic E-state index is 0.195. The number of amides is 2. The van der Waals surface area contributed by atoms with E-state index >= 15 is 0 Å². The lowest BCUT2D eigenvalue weighted by Crippen LogP contribution is -2.42. The maximum Gasteiger partial charge on any atom is 0.410 e. The Balaban J connectivity index is 0.000000337. The Morgan fingerprint density at radius 2 is 1.48 bits per heavy atom. The third-order valence-corrected chi connectivity index (χ3v) is 6.30. The van der Waals surface area contributed by atoms with Crippen LogP contribution in [0.25, 0.3) is 0 Å². The van der Waals surface area contributed by atoms with E-state index in [0.717, 1.165) is 17.7 Å². The lowest BCUT2D eigenvalue weighted by molar-refractivity contribution is 0.0192. The molecule has 4 rings (SSSR count). The quantitative estimate of drug-likeness (QED) is 0.380. The predicted molar refractivity (Wildman–Crippen MR) is 154 cm³/mol. The largest absolute Gasteiger partial charge is 0.478 e. The molecule has 1 aliphatic heterocycles. The number of fused-ring (bicyclic) bond motifs is 1. The fraction of sp³-hybridized carbons (Fsp3) is 0.367. The molecule has 12 nitrogen and oxygen atoms in total. The van der Waals surface area contributed by atoms with E-state index in [4.69, 9.17) is 14.9 Å². The van der Waals surface area contributed by atoms with Gasteiger partial charge in [0.25, 0.3) is 5.91 Å². The summed E-state index contributed by atoms with van der Waals surface area (Å²) in [6.45, 7) is 7.71. The van der Waals surface area contributed by atoms with Crippen LogP contribution < -0.4 is 5.32 Å². The lowest BCUT2D eigenvalue weighted by Gasteiger charge is -2.31. The smallest absolute Gasteiger partial charge is 0.410 e. The zero-order valence-electron chi connectivity index (χ0n) is 24.5. The van der Waals surface area contributed by atoms with Crippen LogP contribution in [0.1, 0.15) is 68.7 Å². The van der Waals surface area contributed by atoms with Crippen LogP contribution in [0.4, 0.5) is 4.79 Å². The van der Waals surface area contributed by atoms with Gasteiger partial charge in [-0.05, 0) is 63.2 Å². The van der Waals surface area contributed by atoms with E-state index in [1.165, 1.54) is 18.3 Å². The molecule has 224 valence electrons. The lowest BCUT2D eigenvalue weighted by atomic mass is 10.1. The molecule has 0 spiro atoms. The third-order valence-electron chi connectivity index (χ3n) is 6.30. The van der Waals surface area contributed by atoms with Crippen LogP contribution in [0.3, 0.4) is 0 Å². The highest BCUT2D eigenvalue weighted by Gasteiger charge is 2.30. The maximum atomic E-state index is 13.0. The van der Waals surface area contributed by atoms with Gasteiger partial charge in [-0.1, -0.05) is 24.3 Å². The van der Waals surface area contributed by atoms with Crippen molar-refractivity contribution in [3.05, 3.63) is 88.2 Å². The summed E-state index contributed by atoms with van der Waals surface area (Å²) in [6, 6.07) is 13.2. The number of aromatic nitrogens is 2. The molecule has 0 saturated carbocycles. The molecule has 0 atom stereocenters. The molecule has 3 aromatic rings. The summed E-state index contributed by atoms with van der Waals surface area (Å²) >= 11 is 0. The van der Waals surface area contributed by atoms with Crippen LogP contribution in [0.5, 0.6) is 0 Å². The van der Waals surface area contributed by atoms with Crippen LogP contribution in [-0.4, -0.2) is 80.0 Å². The van der Waals surface area contributed by atoms with Crippen LogP contribution in [-0.2, 0) is 30.9 Å². The number of nitrogens with zero attached hydrogens (tertiary/aromatic N) is 4. The van der Waals surface area contributed by atoms with E-state index in [1.807, 2.05) is 27.8 Å². The van der Waals surface area contributed by atoms with Gasteiger partial charge in [-0.3, -0.25) is 9.48 Å². The molecule has 0 radical (unpaired) electrons. The molecular weight excluding hydrogens is 542 g/mol. The van der Waals surface area contributed by atoms with Crippen LogP contribution in [0.2, 0.25) is 0 Å². The van der Waals surface area contributed by atoms with Crippen LogP contribution >= 0.6 is 0 Å². The van der Waals surface area contributed by atoms with Crippen molar-refractivity contribution >= 4 is 23.9 Å². The first-order chi connectivity index (χ1) is 19.8. The Hall–Kier alpha value is -4.71. The fourth-order valence-corrected chi connectivity index (χ4v) is 4.18. The number of ether oxygens (including phenoxy) is 1. The summed E-state index contributed by atoms with van der Waals surface area (Å²) in [5, 5.41) is 24.9. The molecule has 2 amide bonds. The molecule has 0 unspecified atom stereocenters. The normalized spacial score (nSPS) is 12.5. The molecular formula is C30H37N5O7. The summed E-state index contributed by atoms with van der Waals surface area (Å²) < 4.78 is 7.18. The van der Waals surface area contributed by atoms with E-state index in [2.05, 4.69) is 10.4 Å². The van der Waals surface area contributed by atoms with Gasteiger partial charge >= 0.3 is 18.0 Å². The van der Waals surface area contributed by atoms with Crippen molar-refractivity contribution in [1.82, 2.24) is 24.9 Å². The molecule has 0 saturated heterocycles. The average molecular weight is 580 g/mol. The van der Waals surface area contributed by atoms with E-state index in [-0.39, 0.29) is 18.0 Å². The number of carboxylic acid groups (broad SMARTS) is 2. The van der Waals surface area contributed by atoms with Crippen molar-refractivity contribution in [3.63, 3.8) is 0 Å². The van der Waals surface area contributed by atoms with Gasteiger partial charge < -0.3 is 30.1 Å². The summed E-state index contributed by atoms with van der Waals surface area (Å²) in [5.74, 6) is -2.09. The molecule has 42 heavy (non-hydrogen) atoms. The van der Waals surface area contributed by atoms with Crippen molar-refractivity contribution in [2.24, 2.45) is 0 Å². The number of aromatic carboxylic acids is 2. The van der Waals surface area contributed by atoms with E-state index in [9.17, 15) is 19.2 Å². The fourth-order valence-electron chi connectivity index (χ4n) is 4.18. The van der Waals surface area contributed by atoms with Crippen LogP contribution in [0.15, 0.2) is 54.7 Å². The van der Waals surface area contributed by atoms with E-state index in [0.29, 0.717) is 36.5 Å². The van der Waals surface area contributed by atoms with Gasteiger partial charge in [0.2, 0.25) is 0 Å². The molecule has 1 aromatic heterocycles. The Bertz CT molecular complexity index is 1410. The molecule has 12 heteroatoms. The Morgan fingerprint density at radius 3 is 1.98 bits per heavy atom. The summed E-state index contributed by atoms with van der Waals surface area (Å²) in [4.78, 5) is 50.0. The highest BCUT2D eigenvalue weighted by atomic mass is 16.6. The predicted octanol–water partition coefficient (Wildman–Crippen LogP) is 3.71. The second-order valence-corrected chi connectivity index (χ2v) is 10.8. The summed E-state index contributed by atoms with van der Waals surface area (Å²) in [5.41, 5.74) is 2.94. The Kier molecular flexibility index (Phi) is 10.4. The van der Waals surface area contributed by atoms with Gasteiger partial charge in [0.15, 0.2) is 0 Å². The summed E-state index contributed by atoms with van der Waals surface area (Å²) in [6.07, 6.45) is 1.11. The number of rotatable bonds is 7. The number of nitrogens with one attached hydrogen (secondary N) is 1. The van der Waals surface area contributed by atoms with Crippen molar-refractivity contribution < 1.29 is 34.1 Å². The third kappa shape index (κ3) is 8.64. The first-order valence-corrected chi connectivity index (χ1v) is 13.4. The van der Waals surface area contributed by atoms with Crippen LogP contribution in [0, 0.1) is 0 Å². The number of hydrogen-bond donors (Lipinski definition) is 3. The van der Waals surface area contributed by atoms with Gasteiger partial charge in [0.05, 0.1) is 41.7 Å². The van der Waals surface area contributed by atoms with Gasteiger partial charge in [-0.15, -0.1) is 0 Å². The zero-order chi connectivity index (χ0) is 31.0. The van der Waals surface area contributed by atoms with Gasteiger partial charge in [-0.2, -0.15) is 5.10 Å². The van der Waals surface area contributed by atoms with Crippen molar-refractivity contribution in [1.29, 1.82) is 0 Å². The van der Waals surface area contributed by atoms with Gasteiger partial charge in [0.1, 0.15) is 5.60 Å². The van der Waals surface area contributed by atoms with E-state index < -0.39 is 23.6 Å². The molecule has 0 aliphatic carbocycles. The monoisotopic (exact) mass is 579 g/mol. The summed E-state index contributed by atoms with van der Waals surface area (Å²) in [7, 11) is 3.52. The minimum Gasteiger partial charge on any atom is -0.478 e. The first kappa shape index (κ1) is 31.8. The number of benzene rings is 2.